The number of carbonyl (C=O) groups is 1. The van der Waals surface area contributed by atoms with E-state index in [1.54, 1.807) is 0 Å². The van der Waals surface area contributed by atoms with Gasteiger partial charge in [0.15, 0.2) is 0 Å². The second-order valence-electron chi connectivity index (χ2n) is 8.30. The van der Waals surface area contributed by atoms with Crippen LogP contribution in [0, 0.1) is 0 Å². The van der Waals surface area contributed by atoms with Crippen LogP contribution in [0.25, 0.3) is 0 Å². The van der Waals surface area contributed by atoms with Gasteiger partial charge in [-0.15, -0.1) is 0 Å². The number of unbranched alkanes of at least 4 members (excludes halogenated alkanes) is 12. The third kappa shape index (κ3) is 24.7. The molecule has 2 nitrogen and oxygen atoms in total. The van der Waals surface area contributed by atoms with Gasteiger partial charge < -0.3 is 4.74 Å². The van der Waals surface area contributed by atoms with E-state index in [1.165, 1.54) is 70.6 Å². The van der Waals surface area contributed by atoms with Crippen LogP contribution in [0.2, 0.25) is 0 Å². The van der Waals surface area contributed by atoms with Crippen molar-refractivity contribution in [3.8, 4) is 0 Å². The summed E-state index contributed by atoms with van der Waals surface area (Å²) in [6.07, 6.45) is 34.5. The van der Waals surface area contributed by atoms with Gasteiger partial charge in [-0.25, -0.2) is 0 Å². The van der Waals surface area contributed by atoms with Crippen LogP contribution >= 0.6 is 0 Å². The van der Waals surface area contributed by atoms with Crippen LogP contribution in [-0.4, -0.2) is 12.6 Å². The predicted octanol–water partition coefficient (Wildman–Crippen LogP) is 9.26. The van der Waals surface area contributed by atoms with Gasteiger partial charge in [-0.2, -0.15) is 0 Å². The predicted molar refractivity (Wildman–Crippen MR) is 133 cm³/mol. The van der Waals surface area contributed by atoms with Crippen molar-refractivity contribution in [1.82, 2.24) is 0 Å². The Morgan fingerprint density at radius 1 is 0.600 bits per heavy atom. The fraction of sp³-hybridized carbons (Fsp3) is 0.750. The third-order valence-corrected chi connectivity index (χ3v) is 5.29. The molecule has 0 spiro atoms. The van der Waals surface area contributed by atoms with Crippen molar-refractivity contribution < 1.29 is 9.53 Å². The molecule has 30 heavy (non-hydrogen) atoms. The van der Waals surface area contributed by atoms with Gasteiger partial charge in [0.2, 0.25) is 0 Å². The normalized spacial score (nSPS) is 11.9. The molecular formula is C28H50O2. The average Bonchev–Trinajstić information content (AvgIpc) is 2.75. The molecule has 2 heteroatoms. The van der Waals surface area contributed by atoms with Crippen LogP contribution in [0.1, 0.15) is 129 Å². The van der Waals surface area contributed by atoms with Crippen molar-refractivity contribution >= 4 is 5.97 Å². The van der Waals surface area contributed by atoms with Crippen LogP contribution < -0.4 is 0 Å². The lowest BCUT2D eigenvalue weighted by molar-refractivity contribution is -0.143. The molecule has 0 unspecified atom stereocenters. The first-order valence-corrected chi connectivity index (χ1v) is 12.9. The lowest BCUT2D eigenvalue weighted by Crippen LogP contribution is -2.05. The number of rotatable bonds is 22. The van der Waals surface area contributed by atoms with E-state index in [2.05, 4.69) is 50.3 Å². The number of hydrogen-bond acceptors (Lipinski definition) is 2. The first-order valence-electron chi connectivity index (χ1n) is 12.9. The summed E-state index contributed by atoms with van der Waals surface area (Å²) in [4.78, 5) is 11.7. The highest BCUT2D eigenvalue weighted by Crippen LogP contribution is 2.10. The largest absolute Gasteiger partial charge is 0.466 e. The molecule has 0 fully saturated rings. The summed E-state index contributed by atoms with van der Waals surface area (Å²) in [6.45, 7) is 5.03. The molecule has 0 aromatic rings. The zero-order chi connectivity index (χ0) is 22.0. The van der Waals surface area contributed by atoms with Gasteiger partial charge in [-0.3, -0.25) is 4.79 Å². The number of ether oxygens (including phenoxy) is 1. The fourth-order valence-electron chi connectivity index (χ4n) is 3.38. The first-order chi connectivity index (χ1) is 14.8. The molecule has 0 aromatic heterocycles. The molecular weight excluding hydrogens is 368 g/mol. The molecule has 0 rings (SSSR count). The van der Waals surface area contributed by atoms with Gasteiger partial charge >= 0.3 is 5.97 Å². The SMILES string of the molecule is CCC=CCC=CCC=CCCCCCCCC(=O)OCCCCCCCCCC. The summed E-state index contributed by atoms with van der Waals surface area (Å²) in [7, 11) is 0. The molecule has 0 aliphatic heterocycles. The van der Waals surface area contributed by atoms with Crippen molar-refractivity contribution in [2.45, 2.75) is 129 Å². The molecule has 0 saturated heterocycles. The maximum absolute atomic E-state index is 11.7. The molecule has 0 bridgehead atoms. The molecule has 174 valence electrons. The van der Waals surface area contributed by atoms with E-state index >= 15 is 0 Å². The van der Waals surface area contributed by atoms with Crippen molar-refractivity contribution in [1.29, 1.82) is 0 Å². The van der Waals surface area contributed by atoms with Crippen LogP contribution in [0.5, 0.6) is 0 Å². The van der Waals surface area contributed by atoms with E-state index in [9.17, 15) is 4.79 Å². The minimum absolute atomic E-state index is 0.000816. The van der Waals surface area contributed by atoms with E-state index in [4.69, 9.17) is 4.74 Å². The maximum Gasteiger partial charge on any atom is 0.305 e. The molecule has 0 N–H and O–H groups in total. The second-order valence-corrected chi connectivity index (χ2v) is 8.30. The molecule has 0 amide bonds. The second kappa shape index (κ2) is 25.7. The number of allylic oxidation sites excluding steroid dienone is 6. The summed E-state index contributed by atoms with van der Waals surface area (Å²) in [5.41, 5.74) is 0. The third-order valence-electron chi connectivity index (χ3n) is 5.29. The molecule has 0 atom stereocenters. The van der Waals surface area contributed by atoms with E-state index in [1.807, 2.05) is 0 Å². The Hall–Kier alpha value is -1.31. The Kier molecular flexibility index (Phi) is 24.6. The van der Waals surface area contributed by atoms with Crippen molar-refractivity contribution in [2.24, 2.45) is 0 Å². The van der Waals surface area contributed by atoms with Gasteiger partial charge in [-0.1, -0.05) is 115 Å². The Morgan fingerprint density at radius 2 is 1.13 bits per heavy atom. The van der Waals surface area contributed by atoms with Gasteiger partial charge in [0, 0.05) is 6.42 Å². The van der Waals surface area contributed by atoms with E-state index in [0.29, 0.717) is 13.0 Å². The number of esters is 1. The molecule has 0 aliphatic rings. The van der Waals surface area contributed by atoms with E-state index < -0.39 is 0 Å². The van der Waals surface area contributed by atoms with Crippen LogP contribution in [0.15, 0.2) is 36.5 Å². The quantitative estimate of drug-likeness (QED) is 0.0994. The molecule has 0 radical (unpaired) electrons. The van der Waals surface area contributed by atoms with Gasteiger partial charge in [0.25, 0.3) is 0 Å². The first kappa shape index (κ1) is 28.7. The lowest BCUT2D eigenvalue weighted by Gasteiger charge is -2.05. The topological polar surface area (TPSA) is 26.3 Å². The molecule has 0 aliphatic carbocycles. The Labute approximate surface area is 188 Å². The number of hydrogen-bond donors (Lipinski definition) is 0. The van der Waals surface area contributed by atoms with Crippen LogP contribution in [0.3, 0.4) is 0 Å². The number of carbonyl (C=O) groups excluding carboxylic acids is 1. The summed E-state index contributed by atoms with van der Waals surface area (Å²) >= 11 is 0. The Balaban J connectivity index is 3.27. The summed E-state index contributed by atoms with van der Waals surface area (Å²) in [6, 6.07) is 0. The van der Waals surface area contributed by atoms with Gasteiger partial charge in [0.05, 0.1) is 6.61 Å². The van der Waals surface area contributed by atoms with Crippen LogP contribution in [0.4, 0.5) is 0 Å². The standard InChI is InChI=1S/C28H50O2/c1-3-5-7-9-11-13-14-15-16-17-18-19-20-22-24-26-28(29)30-27-25-23-21-12-10-8-6-4-2/h5,7,11,13,15-16H,3-4,6,8-10,12,14,17-27H2,1-2H3. The maximum atomic E-state index is 11.7. The highest BCUT2D eigenvalue weighted by molar-refractivity contribution is 5.69. The Bertz CT molecular complexity index is 434. The van der Waals surface area contributed by atoms with Crippen molar-refractivity contribution in [3.63, 3.8) is 0 Å². The zero-order valence-electron chi connectivity index (χ0n) is 20.2. The summed E-state index contributed by atoms with van der Waals surface area (Å²) < 4.78 is 5.35. The zero-order valence-corrected chi connectivity index (χ0v) is 20.2. The Morgan fingerprint density at radius 3 is 1.80 bits per heavy atom. The van der Waals surface area contributed by atoms with Gasteiger partial charge in [0.1, 0.15) is 0 Å². The summed E-state index contributed by atoms with van der Waals surface area (Å²) in [5, 5.41) is 0. The molecule has 0 aromatic carbocycles. The van der Waals surface area contributed by atoms with Gasteiger partial charge in [-0.05, 0) is 44.9 Å². The minimum Gasteiger partial charge on any atom is -0.466 e. The van der Waals surface area contributed by atoms with Crippen LogP contribution in [-0.2, 0) is 9.53 Å². The smallest absolute Gasteiger partial charge is 0.305 e. The fourth-order valence-corrected chi connectivity index (χ4v) is 3.38. The van der Waals surface area contributed by atoms with E-state index in [-0.39, 0.29) is 5.97 Å². The highest BCUT2D eigenvalue weighted by atomic mass is 16.5. The monoisotopic (exact) mass is 418 g/mol. The van der Waals surface area contributed by atoms with E-state index in [0.717, 1.165) is 38.5 Å². The highest BCUT2D eigenvalue weighted by Gasteiger charge is 2.02. The average molecular weight is 419 g/mol. The molecule has 0 heterocycles. The van der Waals surface area contributed by atoms with Crippen molar-refractivity contribution in [3.05, 3.63) is 36.5 Å². The summed E-state index contributed by atoms with van der Waals surface area (Å²) in [5.74, 6) is -0.000816. The molecule has 0 saturated carbocycles. The van der Waals surface area contributed by atoms with Crippen molar-refractivity contribution in [2.75, 3.05) is 6.61 Å². The lowest BCUT2D eigenvalue weighted by atomic mass is 10.1. The minimum atomic E-state index is -0.000816.